The lowest BCUT2D eigenvalue weighted by molar-refractivity contribution is -0.138. The standard InChI is InChI=1S/C17H25NO2/c1-2-18(14-15-9-5-3-6-10-15)16(19)13-17(20)11-7-4-8-12-17/h3,5-6,9-10,20H,2,4,7-8,11-14H2,1H3. The maximum absolute atomic E-state index is 12.4. The van der Waals surface area contributed by atoms with E-state index in [-0.39, 0.29) is 12.3 Å². The molecule has 2 rings (SSSR count). The second-order valence-corrected chi connectivity index (χ2v) is 5.86. The molecule has 0 unspecified atom stereocenters. The van der Waals surface area contributed by atoms with Crippen LogP contribution in [0.5, 0.6) is 0 Å². The molecule has 1 aliphatic rings. The summed E-state index contributed by atoms with van der Waals surface area (Å²) < 4.78 is 0. The van der Waals surface area contributed by atoms with E-state index in [1.807, 2.05) is 42.2 Å². The van der Waals surface area contributed by atoms with Gasteiger partial charge in [-0.3, -0.25) is 4.79 Å². The monoisotopic (exact) mass is 275 g/mol. The van der Waals surface area contributed by atoms with Gasteiger partial charge in [0.1, 0.15) is 0 Å². The Kier molecular flexibility index (Phi) is 5.18. The van der Waals surface area contributed by atoms with Crippen LogP contribution in [0.1, 0.15) is 51.0 Å². The van der Waals surface area contributed by atoms with Crippen molar-refractivity contribution in [2.24, 2.45) is 0 Å². The van der Waals surface area contributed by atoms with E-state index in [0.29, 0.717) is 13.1 Å². The number of rotatable bonds is 5. The summed E-state index contributed by atoms with van der Waals surface area (Å²) in [7, 11) is 0. The molecule has 3 nitrogen and oxygen atoms in total. The number of aliphatic hydroxyl groups is 1. The van der Waals surface area contributed by atoms with Crippen LogP contribution in [0.25, 0.3) is 0 Å². The molecule has 1 aliphatic carbocycles. The summed E-state index contributed by atoms with van der Waals surface area (Å²) >= 11 is 0. The molecule has 0 radical (unpaired) electrons. The minimum atomic E-state index is -0.764. The fourth-order valence-electron chi connectivity index (χ4n) is 2.96. The minimum Gasteiger partial charge on any atom is -0.389 e. The highest BCUT2D eigenvalue weighted by atomic mass is 16.3. The summed E-state index contributed by atoms with van der Waals surface area (Å²) in [5.74, 6) is 0.0701. The summed E-state index contributed by atoms with van der Waals surface area (Å²) in [4.78, 5) is 14.3. The first-order valence-corrected chi connectivity index (χ1v) is 7.67. The van der Waals surface area contributed by atoms with Gasteiger partial charge in [0.15, 0.2) is 0 Å². The van der Waals surface area contributed by atoms with Crippen molar-refractivity contribution in [2.45, 2.75) is 57.6 Å². The van der Waals surface area contributed by atoms with Gasteiger partial charge in [-0.05, 0) is 25.3 Å². The predicted molar refractivity (Wildman–Crippen MR) is 80.2 cm³/mol. The van der Waals surface area contributed by atoms with Gasteiger partial charge in [-0.25, -0.2) is 0 Å². The van der Waals surface area contributed by atoms with Crippen molar-refractivity contribution in [2.75, 3.05) is 6.54 Å². The van der Waals surface area contributed by atoms with Crippen molar-refractivity contribution in [1.29, 1.82) is 0 Å². The largest absolute Gasteiger partial charge is 0.389 e. The summed E-state index contributed by atoms with van der Waals surface area (Å²) in [6.07, 6.45) is 5.05. The van der Waals surface area contributed by atoms with E-state index in [9.17, 15) is 9.90 Å². The molecular weight excluding hydrogens is 250 g/mol. The lowest BCUT2D eigenvalue weighted by Gasteiger charge is -2.33. The zero-order valence-corrected chi connectivity index (χ0v) is 12.3. The zero-order valence-electron chi connectivity index (χ0n) is 12.3. The number of carbonyl (C=O) groups is 1. The summed E-state index contributed by atoms with van der Waals surface area (Å²) in [6.45, 7) is 3.31. The van der Waals surface area contributed by atoms with Crippen LogP contribution in [0.15, 0.2) is 30.3 Å². The first kappa shape index (κ1) is 15.0. The van der Waals surface area contributed by atoms with E-state index in [1.54, 1.807) is 0 Å². The third-order valence-corrected chi connectivity index (χ3v) is 4.22. The second-order valence-electron chi connectivity index (χ2n) is 5.86. The quantitative estimate of drug-likeness (QED) is 0.897. The van der Waals surface area contributed by atoms with Gasteiger partial charge < -0.3 is 10.0 Å². The van der Waals surface area contributed by atoms with Gasteiger partial charge in [0.05, 0.1) is 12.0 Å². The fraction of sp³-hybridized carbons (Fsp3) is 0.588. The normalized spacial score (nSPS) is 17.7. The van der Waals surface area contributed by atoms with E-state index in [0.717, 1.165) is 31.2 Å². The van der Waals surface area contributed by atoms with Crippen LogP contribution in [-0.4, -0.2) is 28.1 Å². The second kappa shape index (κ2) is 6.89. The molecule has 3 heteroatoms. The highest BCUT2D eigenvalue weighted by molar-refractivity contribution is 5.77. The first-order valence-electron chi connectivity index (χ1n) is 7.67. The van der Waals surface area contributed by atoms with Gasteiger partial charge in [-0.15, -0.1) is 0 Å². The molecule has 0 saturated heterocycles. The molecule has 0 atom stereocenters. The van der Waals surface area contributed by atoms with Gasteiger partial charge in [0.2, 0.25) is 5.91 Å². The van der Waals surface area contributed by atoms with E-state index in [4.69, 9.17) is 0 Å². The maximum Gasteiger partial charge on any atom is 0.225 e. The van der Waals surface area contributed by atoms with Gasteiger partial charge >= 0.3 is 0 Å². The van der Waals surface area contributed by atoms with Crippen LogP contribution in [0.3, 0.4) is 0 Å². The summed E-state index contributed by atoms with van der Waals surface area (Å²) in [5, 5.41) is 10.5. The molecule has 1 fully saturated rings. The summed E-state index contributed by atoms with van der Waals surface area (Å²) in [5.41, 5.74) is 0.373. The Hall–Kier alpha value is -1.35. The van der Waals surface area contributed by atoms with Crippen molar-refractivity contribution < 1.29 is 9.90 Å². The Morgan fingerprint density at radius 1 is 1.20 bits per heavy atom. The van der Waals surface area contributed by atoms with Crippen LogP contribution >= 0.6 is 0 Å². The molecule has 1 aromatic carbocycles. The molecule has 0 aromatic heterocycles. The van der Waals surface area contributed by atoms with Crippen LogP contribution in [-0.2, 0) is 11.3 Å². The molecule has 0 bridgehead atoms. The molecule has 0 heterocycles. The number of benzene rings is 1. The number of nitrogens with zero attached hydrogens (tertiary/aromatic N) is 1. The Morgan fingerprint density at radius 2 is 1.85 bits per heavy atom. The van der Waals surface area contributed by atoms with Crippen LogP contribution in [0.4, 0.5) is 0 Å². The lowest BCUT2D eigenvalue weighted by Crippen LogP contribution is -2.40. The average molecular weight is 275 g/mol. The van der Waals surface area contributed by atoms with E-state index >= 15 is 0 Å². The fourth-order valence-corrected chi connectivity index (χ4v) is 2.96. The molecule has 1 amide bonds. The predicted octanol–water partition coefficient (Wildman–Crippen LogP) is 3.12. The van der Waals surface area contributed by atoms with E-state index in [2.05, 4.69) is 0 Å². The Balaban J connectivity index is 1.95. The van der Waals surface area contributed by atoms with Gasteiger partial charge in [-0.2, -0.15) is 0 Å². The number of hydrogen-bond donors (Lipinski definition) is 1. The highest BCUT2D eigenvalue weighted by Crippen LogP contribution is 2.31. The molecule has 20 heavy (non-hydrogen) atoms. The number of amides is 1. The van der Waals surface area contributed by atoms with Gasteiger partial charge in [0, 0.05) is 13.1 Å². The molecule has 1 N–H and O–H groups in total. The zero-order chi connectivity index (χ0) is 14.4. The number of hydrogen-bond acceptors (Lipinski definition) is 2. The molecule has 110 valence electrons. The van der Waals surface area contributed by atoms with Crippen LogP contribution < -0.4 is 0 Å². The lowest BCUT2D eigenvalue weighted by atomic mass is 9.82. The van der Waals surface area contributed by atoms with Gasteiger partial charge in [-0.1, -0.05) is 49.6 Å². The maximum atomic E-state index is 12.4. The minimum absolute atomic E-state index is 0.0701. The van der Waals surface area contributed by atoms with Crippen molar-refractivity contribution >= 4 is 5.91 Å². The smallest absolute Gasteiger partial charge is 0.225 e. The SMILES string of the molecule is CCN(Cc1ccccc1)C(=O)CC1(O)CCCCC1. The Morgan fingerprint density at radius 3 is 2.45 bits per heavy atom. The van der Waals surface area contributed by atoms with Crippen molar-refractivity contribution in [3.8, 4) is 0 Å². The van der Waals surface area contributed by atoms with Crippen LogP contribution in [0, 0.1) is 0 Å². The summed E-state index contributed by atoms with van der Waals surface area (Å²) in [6, 6.07) is 10.0. The Bertz CT molecular complexity index is 424. The average Bonchev–Trinajstić information content (AvgIpc) is 2.46. The van der Waals surface area contributed by atoms with Gasteiger partial charge in [0.25, 0.3) is 0 Å². The van der Waals surface area contributed by atoms with E-state index < -0.39 is 5.60 Å². The third-order valence-electron chi connectivity index (χ3n) is 4.22. The number of carbonyl (C=O) groups excluding carboxylic acids is 1. The van der Waals surface area contributed by atoms with Crippen molar-refractivity contribution in [3.05, 3.63) is 35.9 Å². The van der Waals surface area contributed by atoms with Crippen molar-refractivity contribution in [1.82, 2.24) is 4.90 Å². The Labute approximate surface area is 121 Å². The molecule has 0 aliphatic heterocycles. The first-order chi connectivity index (χ1) is 9.63. The third kappa shape index (κ3) is 4.07. The molecular formula is C17H25NO2. The topological polar surface area (TPSA) is 40.5 Å². The molecule has 1 aromatic rings. The van der Waals surface area contributed by atoms with Crippen molar-refractivity contribution in [3.63, 3.8) is 0 Å². The van der Waals surface area contributed by atoms with E-state index in [1.165, 1.54) is 6.42 Å². The van der Waals surface area contributed by atoms with Crippen LogP contribution in [0.2, 0.25) is 0 Å². The molecule has 0 spiro atoms. The molecule has 1 saturated carbocycles. The highest BCUT2D eigenvalue weighted by Gasteiger charge is 2.33.